The minimum atomic E-state index is -0.645. The van der Waals surface area contributed by atoms with Crippen molar-refractivity contribution in [2.75, 3.05) is 0 Å². The highest BCUT2D eigenvalue weighted by molar-refractivity contribution is 5.96. The minimum Gasteiger partial charge on any atom is -0.462 e. The van der Waals surface area contributed by atoms with Crippen LogP contribution >= 0.6 is 0 Å². The number of hydrogen-bond acceptors (Lipinski definition) is 5. The lowest BCUT2D eigenvalue weighted by Gasteiger charge is -2.65. The van der Waals surface area contributed by atoms with Crippen molar-refractivity contribution >= 4 is 17.7 Å². The molecule has 0 N–H and O–H groups in total. The molecule has 0 aromatic heterocycles. The van der Waals surface area contributed by atoms with Crippen molar-refractivity contribution in [1.29, 1.82) is 0 Å². The molecule has 152 valence electrons. The molecule has 0 aromatic carbocycles. The third-order valence-corrected chi connectivity index (χ3v) is 8.40. The molecule has 2 saturated carbocycles. The molecule has 4 aliphatic rings. The fourth-order valence-corrected chi connectivity index (χ4v) is 7.02. The van der Waals surface area contributed by atoms with Gasteiger partial charge in [-0.1, -0.05) is 33.8 Å². The number of ketones is 1. The van der Waals surface area contributed by atoms with Crippen LogP contribution in [0.15, 0.2) is 23.8 Å². The van der Waals surface area contributed by atoms with Crippen LogP contribution in [0.4, 0.5) is 0 Å². The predicted octanol–water partition coefficient (Wildman–Crippen LogP) is 3.77. The average Bonchev–Trinajstić information content (AvgIpc) is 2.89. The Morgan fingerprint density at radius 1 is 1.14 bits per heavy atom. The van der Waals surface area contributed by atoms with Crippen LogP contribution in [0.2, 0.25) is 0 Å². The van der Waals surface area contributed by atoms with Crippen LogP contribution in [0.5, 0.6) is 0 Å². The van der Waals surface area contributed by atoms with Gasteiger partial charge in [0.05, 0.1) is 0 Å². The number of hydrogen-bond donors (Lipinski definition) is 0. The number of allylic oxidation sites excluding steroid dienone is 2. The van der Waals surface area contributed by atoms with Gasteiger partial charge < -0.3 is 9.47 Å². The first-order valence-corrected chi connectivity index (χ1v) is 10.2. The summed E-state index contributed by atoms with van der Waals surface area (Å²) in [6.07, 6.45) is 7.22. The first kappa shape index (κ1) is 19.4. The molecule has 1 heterocycles. The SMILES string of the molecule is CC(=O)O[C@@H]1C[C@H]2C(C)(C)C(=O)C=C[C@]2(C)[C@H]2CC[C@@]3(C)OC(=O)C=C3[C@@]21C. The van der Waals surface area contributed by atoms with E-state index in [1.807, 2.05) is 20.8 Å². The molecule has 2 fully saturated rings. The van der Waals surface area contributed by atoms with Gasteiger partial charge in [0, 0.05) is 23.8 Å². The van der Waals surface area contributed by atoms with Crippen molar-refractivity contribution in [2.24, 2.45) is 28.1 Å². The molecular weight excluding hydrogens is 356 g/mol. The van der Waals surface area contributed by atoms with Crippen LogP contribution in [0.3, 0.4) is 0 Å². The molecule has 28 heavy (non-hydrogen) atoms. The van der Waals surface area contributed by atoms with Gasteiger partial charge in [-0.15, -0.1) is 0 Å². The Hall–Kier alpha value is -1.91. The van der Waals surface area contributed by atoms with Crippen LogP contribution in [-0.4, -0.2) is 29.4 Å². The maximum Gasteiger partial charge on any atom is 0.331 e. The molecule has 0 unspecified atom stereocenters. The van der Waals surface area contributed by atoms with Crippen LogP contribution in [0.25, 0.3) is 0 Å². The second-order valence-electron chi connectivity index (χ2n) is 10.3. The highest BCUT2D eigenvalue weighted by atomic mass is 16.6. The molecule has 4 rings (SSSR count). The first-order valence-electron chi connectivity index (χ1n) is 10.2. The minimum absolute atomic E-state index is 0.0582. The molecule has 1 aliphatic heterocycles. The summed E-state index contributed by atoms with van der Waals surface area (Å²) in [6.45, 7) is 11.8. The zero-order chi connectivity index (χ0) is 20.7. The normalized spacial score (nSPS) is 46.1. The summed E-state index contributed by atoms with van der Waals surface area (Å²) in [7, 11) is 0. The van der Waals surface area contributed by atoms with Gasteiger partial charge in [0.15, 0.2) is 5.78 Å². The van der Waals surface area contributed by atoms with Gasteiger partial charge in [-0.2, -0.15) is 0 Å². The van der Waals surface area contributed by atoms with Crippen molar-refractivity contribution < 1.29 is 23.9 Å². The quantitative estimate of drug-likeness (QED) is 0.642. The van der Waals surface area contributed by atoms with E-state index in [1.165, 1.54) is 6.92 Å². The number of carbonyl (C=O) groups excluding carboxylic acids is 3. The van der Waals surface area contributed by atoms with Gasteiger partial charge >= 0.3 is 11.9 Å². The van der Waals surface area contributed by atoms with E-state index in [0.29, 0.717) is 6.42 Å². The molecule has 0 saturated heterocycles. The number of carbonyl (C=O) groups is 3. The van der Waals surface area contributed by atoms with Gasteiger partial charge in [0.1, 0.15) is 11.7 Å². The number of esters is 2. The average molecular weight is 386 g/mol. The number of rotatable bonds is 1. The monoisotopic (exact) mass is 386 g/mol. The molecule has 3 aliphatic carbocycles. The smallest absolute Gasteiger partial charge is 0.331 e. The third kappa shape index (κ3) is 2.28. The molecule has 0 bridgehead atoms. The topological polar surface area (TPSA) is 69.7 Å². The maximum atomic E-state index is 12.7. The number of ether oxygens (including phenoxy) is 2. The summed E-state index contributed by atoms with van der Waals surface area (Å²) in [4.78, 5) is 36.9. The van der Waals surface area contributed by atoms with Crippen molar-refractivity contribution in [2.45, 2.75) is 72.5 Å². The van der Waals surface area contributed by atoms with Crippen molar-refractivity contribution in [3.05, 3.63) is 23.8 Å². The summed E-state index contributed by atoms with van der Waals surface area (Å²) in [5.74, 6) is -0.326. The molecule has 0 spiro atoms. The van der Waals surface area contributed by atoms with E-state index in [4.69, 9.17) is 9.47 Å². The zero-order valence-corrected chi connectivity index (χ0v) is 17.6. The highest BCUT2D eigenvalue weighted by Crippen LogP contribution is 2.69. The maximum absolute atomic E-state index is 12.7. The molecule has 0 radical (unpaired) electrons. The van der Waals surface area contributed by atoms with E-state index in [9.17, 15) is 14.4 Å². The zero-order valence-electron chi connectivity index (χ0n) is 17.6. The van der Waals surface area contributed by atoms with Crippen LogP contribution in [-0.2, 0) is 23.9 Å². The summed E-state index contributed by atoms with van der Waals surface area (Å²) in [5, 5.41) is 0. The van der Waals surface area contributed by atoms with Crippen LogP contribution < -0.4 is 0 Å². The summed E-state index contributed by atoms with van der Waals surface area (Å²) < 4.78 is 11.6. The van der Waals surface area contributed by atoms with Gasteiger partial charge in [-0.25, -0.2) is 4.79 Å². The molecule has 0 amide bonds. The molecular formula is C23H30O5. The van der Waals surface area contributed by atoms with E-state index < -0.39 is 22.5 Å². The van der Waals surface area contributed by atoms with Crippen LogP contribution in [0, 0.1) is 28.1 Å². The Morgan fingerprint density at radius 2 is 1.82 bits per heavy atom. The van der Waals surface area contributed by atoms with E-state index in [2.05, 4.69) is 19.9 Å². The van der Waals surface area contributed by atoms with E-state index >= 15 is 0 Å². The van der Waals surface area contributed by atoms with Crippen molar-refractivity contribution in [1.82, 2.24) is 0 Å². The Kier molecular flexibility index (Phi) is 3.87. The second kappa shape index (κ2) is 5.58. The van der Waals surface area contributed by atoms with Gasteiger partial charge in [0.25, 0.3) is 0 Å². The van der Waals surface area contributed by atoms with Gasteiger partial charge in [-0.3, -0.25) is 9.59 Å². The van der Waals surface area contributed by atoms with E-state index in [-0.39, 0.29) is 35.0 Å². The molecule has 0 aromatic rings. The fraction of sp³-hybridized carbons (Fsp3) is 0.696. The van der Waals surface area contributed by atoms with E-state index in [1.54, 1.807) is 12.2 Å². The van der Waals surface area contributed by atoms with Crippen LogP contribution in [0.1, 0.15) is 60.8 Å². The summed E-state index contributed by atoms with van der Waals surface area (Å²) >= 11 is 0. The lowest BCUT2D eigenvalue weighted by Crippen LogP contribution is -2.64. The summed E-state index contributed by atoms with van der Waals surface area (Å²) in [5.41, 5.74) is -0.975. The standard InChI is InChI=1S/C23H30O5/c1-13(24)27-18-11-15-20(2,3)17(25)8-9-21(15,4)14-7-10-22(5)16(23(14,18)6)12-19(26)28-22/h8-9,12,14-15,18H,7,10-11H2,1-6H3/t14-,15+,18-,21-,22-,23-/m1/s1. The second-order valence-corrected chi connectivity index (χ2v) is 10.3. The van der Waals surface area contributed by atoms with Crippen molar-refractivity contribution in [3.63, 3.8) is 0 Å². The highest BCUT2D eigenvalue weighted by Gasteiger charge is 2.68. The molecule has 5 heteroatoms. The lowest BCUT2D eigenvalue weighted by molar-refractivity contribution is -0.192. The largest absolute Gasteiger partial charge is 0.462 e. The molecule has 5 nitrogen and oxygen atoms in total. The van der Waals surface area contributed by atoms with Crippen molar-refractivity contribution in [3.8, 4) is 0 Å². The number of fused-ring (bicyclic) bond motifs is 5. The fourth-order valence-electron chi connectivity index (χ4n) is 7.02. The van der Waals surface area contributed by atoms with E-state index in [0.717, 1.165) is 18.4 Å². The Balaban J connectivity index is 1.91. The Bertz CT molecular complexity index is 836. The predicted molar refractivity (Wildman–Crippen MR) is 103 cm³/mol. The van der Waals surface area contributed by atoms with Gasteiger partial charge in [-0.05, 0) is 55.1 Å². The Labute approximate surface area is 166 Å². The molecule has 6 atom stereocenters. The summed E-state index contributed by atoms with van der Waals surface area (Å²) in [6, 6.07) is 0. The van der Waals surface area contributed by atoms with Gasteiger partial charge in [0.2, 0.25) is 0 Å². The Morgan fingerprint density at radius 3 is 2.46 bits per heavy atom. The lowest BCUT2D eigenvalue weighted by atomic mass is 9.40. The third-order valence-electron chi connectivity index (χ3n) is 8.40. The first-order chi connectivity index (χ1) is 12.9.